The Hall–Kier alpha value is -4.08. The van der Waals surface area contributed by atoms with Crippen LogP contribution in [0.25, 0.3) is 0 Å². The minimum atomic E-state index is -4.56. The van der Waals surface area contributed by atoms with Crippen LogP contribution in [0.1, 0.15) is 17.5 Å². The topological polar surface area (TPSA) is 114 Å². The molecule has 1 aliphatic heterocycles. The second-order valence-corrected chi connectivity index (χ2v) is 10.9. The van der Waals surface area contributed by atoms with Crippen LogP contribution >= 0.6 is 11.6 Å². The number of nitrogens with one attached hydrogen (secondary N) is 4. The number of rotatable bonds is 12. The van der Waals surface area contributed by atoms with E-state index in [2.05, 4.69) is 20.9 Å². The molecule has 46 heavy (non-hydrogen) atoms. The smallest absolute Gasteiger partial charge is 0.407 e. The lowest BCUT2D eigenvalue weighted by atomic mass is 10.0. The van der Waals surface area contributed by atoms with Crippen molar-refractivity contribution in [3.05, 3.63) is 88.5 Å². The highest BCUT2D eigenvalue weighted by Gasteiger charge is 2.29. The number of hydrogen-bond acceptors (Lipinski definition) is 7. The molecule has 1 aliphatic rings. The van der Waals surface area contributed by atoms with E-state index in [0.29, 0.717) is 12.0 Å². The van der Waals surface area contributed by atoms with Crippen molar-refractivity contribution in [1.82, 2.24) is 15.6 Å². The first-order valence-corrected chi connectivity index (χ1v) is 14.5. The van der Waals surface area contributed by atoms with Crippen LogP contribution < -0.4 is 21.3 Å². The minimum absolute atomic E-state index is 0.0431. The molecule has 3 atom stereocenters. The van der Waals surface area contributed by atoms with Gasteiger partial charge in [0.25, 0.3) is 0 Å². The van der Waals surface area contributed by atoms with Gasteiger partial charge in [0.2, 0.25) is 5.91 Å². The number of alkyl halides is 3. The summed E-state index contributed by atoms with van der Waals surface area (Å²) < 4.78 is 90.2. The van der Waals surface area contributed by atoms with Crippen molar-refractivity contribution in [1.29, 1.82) is 0 Å². The van der Waals surface area contributed by atoms with Gasteiger partial charge in [-0.05, 0) is 48.7 Å². The van der Waals surface area contributed by atoms with E-state index in [1.807, 2.05) is 0 Å². The average molecular weight is 674 g/mol. The third-order valence-corrected chi connectivity index (χ3v) is 7.21. The first-order valence-electron chi connectivity index (χ1n) is 14.1. The fourth-order valence-corrected chi connectivity index (χ4v) is 4.72. The van der Waals surface area contributed by atoms with Gasteiger partial charge in [-0.1, -0.05) is 23.7 Å². The van der Waals surface area contributed by atoms with Gasteiger partial charge < -0.3 is 30.7 Å². The highest BCUT2D eigenvalue weighted by molar-refractivity contribution is 6.30. The van der Waals surface area contributed by atoms with Gasteiger partial charge >= 0.3 is 12.3 Å². The van der Waals surface area contributed by atoms with Crippen LogP contribution in [0.5, 0.6) is 0 Å². The van der Waals surface area contributed by atoms with E-state index >= 15 is 4.39 Å². The molecule has 2 amide bonds. The van der Waals surface area contributed by atoms with Crippen LogP contribution in [0, 0.1) is 17.5 Å². The molecule has 0 radical (unpaired) electrons. The number of anilines is 2. The molecular weight excluding hydrogens is 644 g/mol. The van der Waals surface area contributed by atoms with E-state index in [1.54, 1.807) is 11.4 Å². The summed E-state index contributed by atoms with van der Waals surface area (Å²) in [5.74, 6) is -2.50. The Morgan fingerprint density at radius 2 is 1.91 bits per heavy atom. The Bertz CT molecular complexity index is 1510. The number of pyridine rings is 1. The fraction of sp³-hybridized carbons (Fsp3) is 0.367. The fourth-order valence-electron chi connectivity index (χ4n) is 4.60. The van der Waals surface area contributed by atoms with Crippen molar-refractivity contribution in [2.75, 3.05) is 36.9 Å². The number of aromatic nitrogens is 1. The van der Waals surface area contributed by atoms with Crippen molar-refractivity contribution < 1.29 is 45.4 Å². The number of amides is 2. The number of morpholine rings is 1. The molecule has 0 bridgehead atoms. The summed E-state index contributed by atoms with van der Waals surface area (Å²) in [5.41, 5.74) is 1.01. The van der Waals surface area contributed by atoms with Crippen molar-refractivity contribution in [3.8, 4) is 0 Å². The first kappa shape index (κ1) is 34.8. The number of alkyl carbamates (subject to hydrolysis) is 1. The van der Waals surface area contributed by atoms with E-state index in [9.17, 15) is 31.5 Å². The summed E-state index contributed by atoms with van der Waals surface area (Å²) >= 11 is 5.80. The Balaban J connectivity index is 1.38. The van der Waals surface area contributed by atoms with Gasteiger partial charge in [0.05, 0.1) is 41.9 Å². The molecule has 248 valence electrons. The van der Waals surface area contributed by atoms with Crippen molar-refractivity contribution in [2.24, 2.45) is 0 Å². The summed E-state index contributed by atoms with van der Waals surface area (Å²) in [7, 11) is 0. The third kappa shape index (κ3) is 10.8. The monoisotopic (exact) mass is 673 g/mol. The highest BCUT2D eigenvalue weighted by Crippen LogP contribution is 2.24. The molecule has 4 N–H and O–H groups in total. The maximum Gasteiger partial charge on any atom is 0.407 e. The van der Waals surface area contributed by atoms with E-state index in [4.69, 9.17) is 21.1 Å². The van der Waals surface area contributed by atoms with E-state index < -0.39 is 54.3 Å². The van der Waals surface area contributed by atoms with Gasteiger partial charge in [0, 0.05) is 24.2 Å². The van der Waals surface area contributed by atoms with E-state index in [1.165, 1.54) is 36.5 Å². The molecule has 0 spiro atoms. The van der Waals surface area contributed by atoms with Gasteiger partial charge in [0.1, 0.15) is 36.6 Å². The number of carbonyl (C=O) groups excluding carboxylic acids is 2. The largest absolute Gasteiger partial charge is 0.448 e. The summed E-state index contributed by atoms with van der Waals surface area (Å²) in [5, 5.41) is 10.2. The molecular formula is C30H30ClF6N5O4. The minimum Gasteiger partial charge on any atom is -0.448 e. The Labute approximate surface area is 265 Å². The first-order chi connectivity index (χ1) is 21.9. The number of nitrogens with zero attached hydrogens (tertiary/aromatic N) is 1. The lowest BCUT2D eigenvalue weighted by Crippen LogP contribution is -2.49. The number of benzene rings is 2. The van der Waals surface area contributed by atoms with Crippen LogP contribution in [0.3, 0.4) is 0 Å². The van der Waals surface area contributed by atoms with Gasteiger partial charge in [-0.3, -0.25) is 9.78 Å². The lowest BCUT2D eigenvalue weighted by molar-refractivity contribution is -0.124. The lowest BCUT2D eigenvalue weighted by Gasteiger charge is -2.30. The predicted octanol–water partition coefficient (Wildman–Crippen LogP) is 5.39. The molecule has 0 unspecified atom stereocenters. The second kappa shape index (κ2) is 16.0. The van der Waals surface area contributed by atoms with Crippen molar-refractivity contribution in [3.63, 3.8) is 0 Å². The highest BCUT2D eigenvalue weighted by atomic mass is 35.5. The predicted molar refractivity (Wildman–Crippen MR) is 157 cm³/mol. The number of halogens is 7. The molecule has 0 aliphatic carbocycles. The number of ether oxygens (including phenoxy) is 2. The van der Waals surface area contributed by atoms with E-state index in [0.717, 1.165) is 12.3 Å². The second-order valence-electron chi connectivity index (χ2n) is 10.5. The SMILES string of the molecule is O=C(NCC(F)(F)F)OC[C@@H]1CO[C@H](CCc2c(F)cncc2N[C@@H](Cc2ccc(Cl)c(F)c2)C(=O)Nc2cccc(F)c2)CN1. The van der Waals surface area contributed by atoms with Crippen LogP contribution in [0.15, 0.2) is 54.9 Å². The quantitative estimate of drug-likeness (QED) is 0.191. The Kier molecular flexibility index (Phi) is 12.1. The third-order valence-electron chi connectivity index (χ3n) is 6.90. The van der Waals surface area contributed by atoms with Gasteiger partial charge in [-0.2, -0.15) is 13.2 Å². The zero-order chi connectivity index (χ0) is 33.3. The van der Waals surface area contributed by atoms with Crippen molar-refractivity contribution in [2.45, 2.75) is 43.6 Å². The summed E-state index contributed by atoms with van der Waals surface area (Å²) in [6.45, 7) is -1.36. The molecule has 1 saturated heterocycles. The van der Waals surface area contributed by atoms with Crippen LogP contribution in [0.4, 0.5) is 42.5 Å². The van der Waals surface area contributed by atoms with Crippen LogP contribution in [-0.4, -0.2) is 67.7 Å². The van der Waals surface area contributed by atoms with Gasteiger partial charge in [-0.25, -0.2) is 18.0 Å². The van der Waals surface area contributed by atoms with Gasteiger partial charge in [0.15, 0.2) is 0 Å². The summed E-state index contributed by atoms with van der Waals surface area (Å²) in [6, 6.07) is 7.79. The van der Waals surface area contributed by atoms with Crippen LogP contribution in [-0.2, 0) is 27.1 Å². The molecule has 0 saturated carbocycles. The molecule has 1 aromatic heterocycles. The van der Waals surface area contributed by atoms with Gasteiger partial charge in [-0.15, -0.1) is 0 Å². The number of hydrogen-bond donors (Lipinski definition) is 4. The maximum absolute atomic E-state index is 15.1. The molecule has 4 rings (SSSR count). The van der Waals surface area contributed by atoms with Crippen molar-refractivity contribution >= 4 is 35.0 Å². The zero-order valence-corrected chi connectivity index (χ0v) is 24.9. The molecule has 9 nitrogen and oxygen atoms in total. The molecule has 2 heterocycles. The summed E-state index contributed by atoms with van der Waals surface area (Å²) in [4.78, 5) is 28.7. The van der Waals surface area contributed by atoms with E-state index in [-0.39, 0.29) is 60.7 Å². The molecule has 1 fully saturated rings. The number of carbonyl (C=O) groups is 2. The average Bonchev–Trinajstić information content (AvgIpc) is 3.00. The summed E-state index contributed by atoms with van der Waals surface area (Å²) in [6.07, 6.45) is -3.36. The standard InChI is InChI=1S/C30H30ClF6N5O4/c31-23-7-4-17(8-24(23)33)9-26(28(43)41-19-3-1-2-18(32)10-19)42-27-13-38-12-25(34)22(27)6-5-21-11-39-20(14-45-21)15-46-29(44)40-16-30(35,36)37/h1-4,7-8,10,12-13,20-21,26,39,42H,5-6,9,11,14-16H2,(H,40,44)(H,41,43)/t20-,21+,26-/m0/s1. The molecule has 2 aromatic carbocycles. The normalized spacial score (nSPS) is 17.2. The molecule has 16 heteroatoms. The maximum atomic E-state index is 15.1. The van der Waals surface area contributed by atoms with Crippen LogP contribution in [0.2, 0.25) is 5.02 Å². The Morgan fingerprint density at radius 1 is 1.11 bits per heavy atom. The zero-order valence-electron chi connectivity index (χ0n) is 24.1. The molecule has 3 aromatic rings. The Morgan fingerprint density at radius 3 is 2.61 bits per heavy atom.